The van der Waals surface area contributed by atoms with E-state index in [1.54, 1.807) is 0 Å². The second-order valence-corrected chi connectivity index (χ2v) is 9.91. The lowest BCUT2D eigenvalue weighted by Gasteiger charge is -2.24. The molecule has 1 amide bonds. The highest BCUT2D eigenvalue weighted by Crippen LogP contribution is 2.29. The normalized spacial score (nSPS) is 18.4. The Morgan fingerprint density at radius 3 is 2.59 bits per heavy atom. The molecule has 176 valence electrons. The van der Waals surface area contributed by atoms with Crippen molar-refractivity contribution in [2.45, 2.75) is 25.6 Å². The average Bonchev–Trinajstić information content (AvgIpc) is 3.03. The Bertz CT molecular complexity index is 1060. The third-order valence-corrected chi connectivity index (χ3v) is 7.17. The highest BCUT2D eigenvalue weighted by Gasteiger charge is 2.33. The highest BCUT2D eigenvalue weighted by atomic mass is 35.5. The van der Waals surface area contributed by atoms with Gasteiger partial charge in [-0.15, -0.1) is 0 Å². The Hall–Kier alpha value is -2.67. The number of alkyl halides is 3. The Balaban J connectivity index is 2.28. The van der Waals surface area contributed by atoms with Crippen molar-refractivity contribution in [3.63, 3.8) is 0 Å². The van der Waals surface area contributed by atoms with Crippen LogP contribution < -0.4 is 5.73 Å². The minimum absolute atomic E-state index is 0.00297. The topological polar surface area (TPSA) is 147 Å². The van der Waals surface area contributed by atoms with Gasteiger partial charge in [0, 0.05) is 19.2 Å². The quantitative estimate of drug-likeness (QED) is 0.321. The predicted octanol–water partition coefficient (Wildman–Crippen LogP) is 2.83. The zero-order chi connectivity index (χ0) is 24.3. The molecular weight excluding hydrogens is 477 g/mol. The minimum atomic E-state index is -4.93. The monoisotopic (exact) mass is 496 g/mol. The molecule has 1 saturated heterocycles. The predicted molar refractivity (Wildman–Crippen MR) is 111 cm³/mol. The van der Waals surface area contributed by atoms with Crippen LogP contribution in [0, 0.1) is 21.4 Å². The van der Waals surface area contributed by atoms with Crippen molar-refractivity contribution in [3.8, 4) is 0 Å². The van der Waals surface area contributed by atoms with Gasteiger partial charge in [0.25, 0.3) is 11.6 Å². The molecule has 1 aliphatic rings. The van der Waals surface area contributed by atoms with E-state index < -0.39 is 43.9 Å². The van der Waals surface area contributed by atoms with Gasteiger partial charge < -0.3 is 10.6 Å². The van der Waals surface area contributed by atoms with Gasteiger partial charge >= 0.3 is 6.18 Å². The largest absolute Gasteiger partial charge is 0.430 e. The molecule has 1 aliphatic heterocycles. The standard InChI is InChI=1S/C18H20ClF3N4O5S/c19-16-12(2-1-3-14(16)26(28)29)9-25(6-4-11-5-7-32(30,31)10-11)17(27)13(23)8-15(24)18(20,21)22/h1-3,8,11,23H,4-7,9-10,24H2. The lowest BCUT2D eigenvalue weighted by Crippen LogP contribution is -2.37. The summed E-state index contributed by atoms with van der Waals surface area (Å²) in [7, 11) is -3.19. The molecule has 1 aromatic carbocycles. The van der Waals surface area contributed by atoms with E-state index in [1.807, 2.05) is 0 Å². The molecule has 32 heavy (non-hydrogen) atoms. The van der Waals surface area contributed by atoms with Crippen molar-refractivity contribution >= 4 is 38.7 Å². The number of allylic oxidation sites excluding steroid dienone is 1. The summed E-state index contributed by atoms with van der Waals surface area (Å²) in [5.41, 5.74) is 1.94. The van der Waals surface area contributed by atoms with Crippen LogP contribution in [0.25, 0.3) is 0 Å². The molecule has 1 heterocycles. The summed E-state index contributed by atoms with van der Waals surface area (Å²) in [6.07, 6.45) is -4.16. The molecule has 2 rings (SSSR count). The fraction of sp³-hybridized carbons (Fsp3) is 0.444. The molecule has 1 aromatic rings. The molecule has 0 spiro atoms. The number of halogens is 4. The van der Waals surface area contributed by atoms with Crippen molar-refractivity contribution in [2.75, 3.05) is 18.1 Å². The molecule has 0 aromatic heterocycles. The molecule has 0 saturated carbocycles. The number of hydrogen-bond acceptors (Lipinski definition) is 7. The van der Waals surface area contributed by atoms with E-state index in [1.165, 1.54) is 12.1 Å². The Labute approximate surface area is 186 Å². The third-order valence-electron chi connectivity index (χ3n) is 4.90. The molecule has 1 unspecified atom stereocenters. The number of benzene rings is 1. The van der Waals surface area contributed by atoms with Gasteiger partial charge in [-0.3, -0.25) is 20.3 Å². The number of hydrogen-bond donors (Lipinski definition) is 2. The van der Waals surface area contributed by atoms with Crippen molar-refractivity contribution in [1.29, 1.82) is 5.41 Å². The lowest BCUT2D eigenvalue weighted by atomic mass is 10.0. The first-order chi connectivity index (χ1) is 14.7. The summed E-state index contributed by atoms with van der Waals surface area (Å²) in [6, 6.07) is 3.88. The summed E-state index contributed by atoms with van der Waals surface area (Å²) < 4.78 is 61.3. The van der Waals surface area contributed by atoms with Gasteiger partial charge in [0.05, 0.1) is 16.4 Å². The van der Waals surface area contributed by atoms with E-state index in [0.717, 1.165) is 11.0 Å². The molecule has 9 nitrogen and oxygen atoms in total. The minimum Gasteiger partial charge on any atom is -0.395 e. The van der Waals surface area contributed by atoms with Crippen LogP contribution in [0.15, 0.2) is 30.0 Å². The van der Waals surface area contributed by atoms with Crippen LogP contribution in [-0.4, -0.2) is 54.1 Å². The number of sulfone groups is 1. The van der Waals surface area contributed by atoms with Crippen LogP contribution in [-0.2, 0) is 21.2 Å². The van der Waals surface area contributed by atoms with E-state index in [9.17, 15) is 36.5 Å². The van der Waals surface area contributed by atoms with Crippen LogP contribution >= 0.6 is 11.6 Å². The highest BCUT2D eigenvalue weighted by molar-refractivity contribution is 7.91. The van der Waals surface area contributed by atoms with Crippen LogP contribution in [0.5, 0.6) is 0 Å². The SMILES string of the molecule is N=C(C=C(N)C(F)(F)F)C(=O)N(CCC1CCS(=O)(=O)C1)Cc1cccc([N+](=O)[O-])c1Cl. The average molecular weight is 497 g/mol. The second kappa shape index (κ2) is 9.86. The van der Waals surface area contributed by atoms with Gasteiger partial charge in [-0.25, -0.2) is 8.42 Å². The maximum absolute atomic E-state index is 12.7. The number of carbonyl (C=O) groups excluding carboxylic acids is 1. The Kier molecular flexibility index (Phi) is 7.88. The van der Waals surface area contributed by atoms with Crippen molar-refractivity contribution in [1.82, 2.24) is 4.90 Å². The second-order valence-electron chi connectivity index (χ2n) is 7.30. The summed E-state index contributed by atoms with van der Waals surface area (Å²) in [5, 5.41) is 18.6. The van der Waals surface area contributed by atoms with Gasteiger partial charge in [0.2, 0.25) is 0 Å². The molecule has 14 heteroatoms. The molecule has 1 atom stereocenters. The first-order valence-corrected chi connectivity index (χ1v) is 11.5. The number of nitro groups is 1. The molecule has 1 fully saturated rings. The number of nitrogens with one attached hydrogen (secondary N) is 1. The molecule has 3 N–H and O–H groups in total. The van der Waals surface area contributed by atoms with Crippen molar-refractivity contribution < 1.29 is 31.3 Å². The number of nitrogens with two attached hydrogens (primary N) is 1. The first kappa shape index (κ1) is 25.6. The smallest absolute Gasteiger partial charge is 0.395 e. The van der Waals surface area contributed by atoms with Gasteiger partial charge in [-0.05, 0) is 30.4 Å². The summed E-state index contributed by atoms with van der Waals surface area (Å²) in [4.78, 5) is 24.1. The third kappa shape index (κ3) is 6.66. The maximum atomic E-state index is 12.7. The summed E-state index contributed by atoms with van der Waals surface area (Å²) >= 11 is 6.05. The van der Waals surface area contributed by atoms with Gasteiger partial charge in [-0.2, -0.15) is 13.2 Å². The molecule has 0 radical (unpaired) electrons. The lowest BCUT2D eigenvalue weighted by molar-refractivity contribution is -0.384. The number of nitrogens with zero attached hydrogens (tertiary/aromatic N) is 2. The summed E-state index contributed by atoms with van der Waals surface area (Å²) in [6.45, 7) is -0.429. The van der Waals surface area contributed by atoms with E-state index in [-0.39, 0.29) is 53.6 Å². The Morgan fingerprint density at radius 1 is 1.41 bits per heavy atom. The van der Waals surface area contributed by atoms with Crippen molar-refractivity contribution in [3.05, 3.63) is 50.7 Å². The van der Waals surface area contributed by atoms with Crippen molar-refractivity contribution in [2.24, 2.45) is 11.7 Å². The van der Waals surface area contributed by atoms with E-state index in [4.69, 9.17) is 22.7 Å². The summed E-state index contributed by atoms with van der Waals surface area (Å²) in [5.74, 6) is -1.45. The number of nitro benzene ring substituents is 1. The number of rotatable bonds is 8. The number of carbonyl (C=O) groups is 1. The van der Waals surface area contributed by atoms with Crippen LogP contribution in [0.3, 0.4) is 0 Å². The van der Waals surface area contributed by atoms with Gasteiger partial charge in [0.1, 0.15) is 16.4 Å². The zero-order valence-corrected chi connectivity index (χ0v) is 18.1. The van der Waals surface area contributed by atoms with Crippen LogP contribution in [0.1, 0.15) is 18.4 Å². The van der Waals surface area contributed by atoms with Gasteiger partial charge in [-0.1, -0.05) is 23.7 Å². The van der Waals surface area contributed by atoms with Crippen LogP contribution in [0.2, 0.25) is 5.02 Å². The van der Waals surface area contributed by atoms with E-state index in [0.29, 0.717) is 6.42 Å². The maximum Gasteiger partial charge on any atom is 0.430 e. The first-order valence-electron chi connectivity index (χ1n) is 9.25. The van der Waals surface area contributed by atoms with Crippen LogP contribution in [0.4, 0.5) is 18.9 Å². The molecular formula is C18H20ClF3N4O5S. The fourth-order valence-corrected chi connectivity index (χ4v) is 5.36. The van der Waals surface area contributed by atoms with E-state index in [2.05, 4.69) is 0 Å². The molecule has 0 bridgehead atoms. The van der Waals surface area contributed by atoms with Gasteiger partial charge in [0.15, 0.2) is 9.84 Å². The zero-order valence-electron chi connectivity index (χ0n) is 16.6. The van der Waals surface area contributed by atoms with E-state index >= 15 is 0 Å². The molecule has 0 aliphatic carbocycles. The fourth-order valence-electron chi connectivity index (χ4n) is 3.19. The number of amides is 1. The Morgan fingerprint density at radius 2 is 2.06 bits per heavy atom.